The number of aliphatic hydroxyl groups excluding tert-OH is 1. The zero-order chi connectivity index (χ0) is 16.4. The Morgan fingerprint density at radius 1 is 1.00 bits per heavy atom. The third-order valence-electron chi connectivity index (χ3n) is 4.06. The minimum atomic E-state index is -0.267. The van der Waals surface area contributed by atoms with E-state index < -0.39 is 0 Å². The van der Waals surface area contributed by atoms with E-state index in [1.54, 1.807) is 12.1 Å². The lowest BCUT2D eigenvalue weighted by Crippen LogP contribution is -2.04. The van der Waals surface area contributed by atoms with Crippen molar-refractivity contribution in [2.24, 2.45) is 0 Å². The van der Waals surface area contributed by atoms with Crippen LogP contribution in [0, 0.1) is 5.82 Å². The molecule has 0 fully saturated rings. The lowest BCUT2D eigenvalue weighted by Gasteiger charge is -2.14. The van der Waals surface area contributed by atoms with Gasteiger partial charge in [0.05, 0.1) is 18.0 Å². The standard InChI is InChI=1S/C20H20FNO/c1-14(2)18-12-19(15-6-4-3-5-7-15)22(20(18)13-23)17-10-8-16(21)9-11-17/h3-12,14,23H,13H2,1-2H3. The fourth-order valence-electron chi connectivity index (χ4n) is 2.94. The van der Waals surface area contributed by atoms with E-state index in [9.17, 15) is 9.50 Å². The van der Waals surface area contributed by atoms with Crippen molar-refractivity contribution in [3.8, 4) is 16.9 Å². The second-order valence-electron chi connectivity index (χ2n) is 5.92. The van der Waals surface area contributed by atoms with Gasteiger partial charge in [0.1, 0.15) is 5.82 Å². The van der Waals surface area contributed by atoms with Crippen molar-refractivity contribution in [3.63, 3.8) is 0 Å². The Hall–Kier alpha value is -2.39. The van der Waals surface area contributed by atoms with E-state index in [2.05, 4.69) is 19.9 Å². The molecule has 0 bridgehead atoms. The van der Waals surface area contributed by atoms with E-state index in [0.717, 1.165) is 28.2 Å². The number of benzene rings is 2. The van der Waals surface area contributed by atoms with E-state index >= 15 is 0 Å². The van der Waals surface area contributed by atoms with Crippen LogP contribution in [0.5, 0.6) is 0 Å². The number of hydrogen-bond acceptors (Lipinski definition) is 1. The summed E-state index contributed by atoms with van der Waals surface area (Å²) in [5.74, 6) is 0.0260. The summed E-state index contributed by atoms with van der Waals surface area (Å²) in [4.78, 5) is 0. The zero-order valence-electron chi connectivity index (χ0n) is 13.3. The van der Waals surface area contributed by atoms with Crippen LogP contribution in [0.25, 0.3) is 16.9 Å². The number of nitrogens with zero attached hydrogens (tertiary/aromatic N) is 1. The van der Waals surface area contributed by atoms with Gasteiger partial charge in [0.2, 0.25) is 0 Å². The molecule has 0 aliphatic heterocycles. The molecule has 0 aliphatic rings. The molecular weight excluding hydrogens is 289 g/mol. The Bertz CT molecular complexity index is 789. The molecule has 2 aromatic carbocycles. The molecule has 3 rings (SSSR count). The molecular formula is C20H20FNO. The van der Waals surface area contributed by atoms with Gasteiger partial charge < -0.3 is 9.67 Å². The molecule has 23 heavy (non-hydrogen) atoms. The number of aromatic nitrogens is 1. The van der Waals surface area contributed by atoms with Crippen molar-refractivity contribution in [2.45, 2.75) is 26.4 Å². The molecule has 0 radical (unpaired) electrons. The SMILES string of the molecule is CC(C)c1cc(-c2ccccc2)n(-c2ccc(F)cc2)c1CO. The van der Waals surface area contributed by atoms with Crippen molar-refractivity contribution in [1.82, 2.24) is 4.57 Å². The average molecular weight is 309 g/mol. The van der Waals surface area contributed by atoms with E-state index in [0.29, 0.717) is 5.92 Å². The molecule has 0 atom stereocenters. The summed E-state index contributed by atoms with van der Waals surface area (Å²) in [5, 5.41) is 9.93. The van der Waals surface area contributed by atoms with Crippen molar-refractivity contribution in [3.05, 3.63) is 77.7 Å². The Kier molecular flexibility index (Phi) is 4.30. The maximum absolute atomic E-state index is 13.3. The summed E-state index contributed by atoms with van der Waals surface area (Å²) in [6.45, 7) is 4.16. The zero-order valence-corrected chi connectivity index (χ0v) is 13.3. The van der Waals surface area contributed by atoms with Crippen LogP contribution in [0.15, 0.2) is 60.7 Å². The highest BCUT2D eigenvalue weighted by molar-refractivity contribution is 5.66. The summed E-state index contributed by atoms with van der Waals surface area (Å²) in [5.41, 5.74) is 4.88. The maximum Gasteiger partial charge on any atom is 0.123 e. The topological polar surface area (TPSA) is 25.2 Å². The first kappa shape index (κ1) is 15.5. The van der Waals surface area contributed by atoms with Crippen LogP contribution < -0.4 is 0 Å². The van der Waals surface area contributed by atoms with Gasteiger partial charge in [-0.2, -0.15) is 0 Å². The van der Waals surface area contributed by atoms with Crippen molar-refractivity contribution >= 4 is 0 Å². The quantitative estimate of drug-likeness (QED) is 0.728. The van der Waals surface area contributed by atoms with Crippen molar-refractivity contribution < 1.29 is 9.50 Å². The van der Waals surface area contributed by atoms with Crippen molar-refractivity contribution in [1.29, 1.82) is 0 Å². The molecule has 3 aromatic rings. The van der Waals surface area contributed by atoms with E-state index in [4.69, 9.17) is 0 Å². The summed E-state index contributed by atoms with van der Waals surface area (Å²) in [6.07, 6.45) is 0. The smallest absolute Gasteiger partial charge is 0.123 e. The van der Waals surface area contributed by atoms with Gasteiger partial charge in [0.25, 0.3) is 0 Å². The van der Waals surface area contributed by atoms with Crippen LogP contribution in [0.1, 0.15) is 31.0 Å². The first-order chi connectivity index (χ1) is 11.1. The number of hydrogen-bond donors (Lipinski definition) is 1. The summed E-state index contributed by atoms with van der Waals surface area (Å²) in [7, 11) is 0. The highest BCUT2D eigenvalue weighted by atomic mass is 19.1. The summed E-state index contributed by atoms with van der Waals surface area (Å²) in [6, 6.07) is 18.5. The van der Waals surface area contributed by atoms with Crippen LogP contribution in [0.3, 0.4) is 0 Å². The highest BCUT2D eigenvalue weighted by Gasteiger charge is 2.18. The largest absolute Gasteiger partial charge is 0.390 e. The van der Waals surface area contributed by atoms with Crippen LogP contribution >= 0.6 is 0 Å². The molecule has 0 unspecified atom stereocenters. The third-order valence-corrected chi connectivity index (χ3v) is 4.06. The Morgan fingerprint density at radius 3 is 2.22 bits per heavy atom. The predicted octanol–water partition coefficient (Wildman–Crippen LogP) is 4.90. The van der Waals surface area contributed by atoms with E-state index in [-0.39, 0.29) is 12.4 Å². The van der Waals surface area contributed by atoms with Gasteiger partial charge in [-0.1, -0.05) is 44.2 Å². The highest BCUT2D eigenvalue weighted by Crippen LogP contribution is 2.33. The minimum absolute atomic E-state index is 0.0578. The molecule has 118 valence electrons. The molecule has 1 heterocycles. The van der Waals surface area contributed by atoms with Gasteiger partial charge in [-0.25, -0.2) is 4.39 Å². The maximum atomic E-state index is 13.3. The van der Waals surface area contributed by atoms with Gasteiger partial charge in [0.15, 0.2) is 0 Å². The summed E-state index contributed by atoms with van der Waals surface area (Å²) < 4.78 is 15.3. The monoisotopic (exact) mass is 309 g/mol. The van der Waals surface area contributed by atoms with Crippen LogP contribution in [0.4, 0.5) is 4.39 Å². The lowest BCUT2D eigenvalue weighted by molar-refractivity contribution is 0.273. The third kappa shape index (κ3) is 2.92. The number of aliphatic hydroxyl groups is 1. The second-order valence-corrected chi connectivity index (χ2v) is 5.92. The Labute approximate surface area is 135 Å². The Balaban J connectivity index is 2.28. The van der Waals surface area contributed by atoms with Gasteiger partial charge in [-0.05, 0) is 47.4 Å². The average Bonchev–Trinajstić information content (AvgIpc) is 2.96. The molecule has 0 amide bonds. The van der Waals surface area contributed by atoms with Gasteiger partial charge in [-0.3, -0.25) is 0 Å². The molecule has 0 aliphatic carbocycles. The van der Waals surface area contributed by atoms with Crippen LogP contribution in [0.2, 0.25) is 0 Å². The van der Waals surface area contributed by atoms with Crippen LogP contribution in [-0.2, 0) is 6.61 Å². The molecule has 0 saturated heterocycles. The number of halogens is 1. The molecule has 1 N–H and O–H groups in total. The normalized spacial score (nSPS) is 11.2. The predicted molar refractivity (Wildman–Crippen MR) is 91.2 cm³/mol. The fourth-order valence-corrected chi connectivity index (χ4v) is 2.94. The molecule has 1 aromatic heterocycles. The Morgan fingerprint density at radius 2 is 1.65 bits per heavy atom. The molecule has 0 spiro atoms. The van der Waals surface area contributed by atoms with Crippen LogP contribution in [-0.4, -0.2) is 9.67 Å². The van der Waals surface area contributed by atoms with E-state index in [1.165, 1.54) is 12.1 Å². The van der Waals surface area contributed by atoms with Gasteiger partial charge in [0, 0.05) is 5.69 Å². The first-order valence-corrected chi connectivity index (χ1v) is 7.78. The van der Waals surface area contributed by atoms with E-state index in [1.807, 2.05) is 34.9 Å². The van der Waals surface area contributed by atoms with Gasteiger partial charge >= 0.3 is 0 Å². The fraction of sp³-hybridized carbons (Fsp3) is 0.200. The molecule has 2 nitrogen and oxygen atoms in total. The molecule has 3 heteroatoms. The minimum Gasteiger partial charge on any atom is -0.390 e. The first-order valence-electron chi connectivity index (χ1n) is 7.78. The lowest BCUT2D eigenvalue weighted by atomic mass is 10.0. The number of rotatable bonds is 4. The second kappa shape index (κ2) is 6.39. The van der Waals surface area contributed by atoms with Gasteiger partial charge in [-0.15, -0.1) is 0 Å². The summed E-state index contributed by atoms with van der Waals surface area (Å²) >= 11 is 0. The molecule has 0 saturated carbocycles. The van der Waals surface area contributed by atoms with Crippen molar-refractivity contribution in [2.75, 3.05) is 0 Å².